The topological polar surface area (TPSA) is 35.5 Å². The normalized spacial score (nSPS) is 16.7. The molecule has 0 bridgehead atoms. The molecule has 1 aromatic rings. The number of ketones is 1. The van der Waals surface area contributed by atoms with E-state index in [2.05, 4.69) is 0 Å². The highest BCUT2D eigenvalue weighted by molar-refractivity contribution is 6.00. The van der Waals surface area contributed by atoms with E-state index in [1.807, 2.05) is 32.0 Å². The van der Waals surface area contributed by atoms with Gasteiger partial charge in [-0.25, -0.2) is 0 Å². The third kappa shape index (κ3) is 3.10. The summed E-state index contributed by atoms with van der Waals surface area (Å²) >= 11 is 0. The van der Waals surface area contributed by atoms with Crippen molar-refractivity contribution >= 4 is 5.78 Å². The van der Waals surface area contributed by atoms with Crippen LogP contribution in [0.25, 0.3) is 0 Å². The second-order valence-electron chi connectivity index (χ2n) is 5.05. The molecule has 1 aromatic carbocycles. The van der Waals surface area contributed by atoms with Gasteiger partial charge in [-0.3, -0.25) is 4.79 Å². The first-order valence-electron chi connectivity index (χ1n) is 6.45. The van der Waals surface area contributed by atoms with Gasteiger partial charge in [-0.05, 0) is 44.7 Å². The van der Waals surface area contributed by atoms with Gasteiger partial charge in [-0.15, -0.1) is 0 Å². The van der Waals surface area contributed by atoms with Crippen molar-refractivity contribution < 1.29 is 14.3 Å². The summed E-state index contributed by atoms with van der Waals surface area (Å²) in [6.07, 6.45) is 2.00. The summed E-state index contributed by atoms with van der Waals surface area (Å²) in [6.45, 7) is 3.94. The average Bonchev–Trinajstić information content (AvgIpc) is 3.14. The fourth-order valence-electron chi connectivity index (χ4n) is 2.07. The minimum atomic E-state index is -0.292. The molecule has 98 valence electrons. The summed E-state index contributed by atoms with van der Waals surface area (Å²) in [7, 11) is 1.61. The van der Waals surface area contributed by atoms with Crippen LogP contribution >= 0.6 is 0 Å². The molecular weight excluding hydrogens is 228 g/mol. The molecule has 0 aromatic heterocycles. The van der Waals surface area contributed by atoms with Gasteiger partial charge >= 0.3 is 0 Å². The summed E-state index contributed by atoms with van der Waals surface area (Å²) in [5, 5.41) is 0. The van der Waals surface area contributed by atoms with Crippen molar-refractivity contribution in [3.05, 3.63) is 29.8 Å². The molecule has 1 unspecified atom stereocenters. The van der Waals surface area contributed by atoms with Crippen LogP contribution in [0.5, 0.6) is 5.75 Å². The number of hydrogen-bond donors (Lipinski definition) is 0. The van der Waals surface area contributed by atoms with Gasteiger partial charge in [0.25, 0.3) is 0 Å². The minimum Gasteiger partial charge on any atom is -0.491 e. The Morgan fingerprint density at radius 1 is 1.33 bits per heavy atom. The Bertz CT molecular complexity index is 422. The van der Waals surface area contributed by atoms with Crippen molar-refractivity contribution in [2.75, 3.05) is 7.11 Å². The molecule has 18 heavy (non-hydrogen) atoms. The van der Waals surface area contributed by atoms with Crippen molar-refractivity contribution in [3.63, 3.8) is 0 Å². The number of rotatable bonds is 6. The van der Waals surface area contributed by atoms with Crippen LogP contribution in [0.3, 0.4) is 0 Å². The van der Waals surface area contributed by atoms with Gasteiger partial charge in [0.05, 0.1) is 6.10 Å². The van der Waals surface area contributed by atoms with E-state index in [4.69, 9.17) is 9.47 Å². The van der Waals surface area contributed by atoms with E-state index in [9.17, 15) is 4.79 Å². The van der Waals surface area contributed by atoms with Crippen LogP contribution in [-0.4, -0.2) is 25.1 Å². The molecule has 0 saturated heterocycles. The maximum Gasteiger partial charge on any atom is 0.191 e. The first-order chi connectivity index (χ1) is 8.61. The van der Waals surface area contributed by atoms with Gasteiger partial charge in [-0.2, -0.15) is 0 Å². The van der Waals surface area contributed by atoms with Crippen molar-refractivity contribution in [2.24, 2.45) is 5.92 Å². The zero-order valence-electron chi connectivity index (χ0n) is 11.2. The third-order valence-corrected chi connectivity index (χ3v) is 3.05. The lowest BCUT2D eigenvalue weighted by Gasteiger charge is -2.14. The van der Waals surface area contributed by atoms with Crippen LogP contribution in [-0.2, 0) is 4.74 Å². The number of carbonyl (C=O) groups excluding carboxylic acids is 1. The second-order valence-corrected chi connectivity index (χ2v) is 5.05. The number of methoxy groups -OCH3 is 1. The SMILES string of the molecule is COC(C(=O)c1cccc(OC(C)C)c1)C1CC1. The Balaban J connectivity index is 2.13. The minimum absolute atomic E-state index is 0.0641. The number of Topliss-reactive ketones (excluding diaryl/α,β-unsaturated/α-hetero) is 1. The maximum absolute atomic E-state index is 12.3. The molecule has 0 N–H and O–H groups in total. The van der Waals surface area contributed by atoms with Crippen molar-refractivity contribution in [3.8, 4) is 5.75 Å². The second kappa shape index (κ2) is 5.53. The molecule has 1 fully saturated rings. The van der Waals surface area contributed by atoms with E-state index >= 15 is 0 Å². The highest BCUT2D eigenvalue weighted by atomic mass is 16.5. The maximum atomic E-state index is 12.3. The standard InChI is InChI=1S/C15H20O3/c1-10(2)18-13-6-4-5-12(9-13)14(16)15(17-3)11-7-8-11/h4-6,9-11,15H,7-8H2,1-3H3. The zero-order valence-corrected chi connectivity index (χ0v) is 11.2. The Morgan fingerprint density at radius 3 is 2.61 bits per heavy atom. The Morgan fingerprint density at radius 2 is 2.06 bits per heavy atom. The van der Waals surface area contributed by atoms with Gasteiger partial charge in [0.15, 0.2) is 5.78 Å². The molecule has 1 aliphatic rings. The van der Waals surface area contributed by atoms with Gasteiger partial charge in [0.2, 0.25) is 0 Å². The number of ether oxygens (including phenoxy) is 2. The van der Waals surface area contributed by atoms with Crippen molar-refractivity contribution in [1.82, 2.24) is 0 Å². The van der Waals surface area contributed by atoms with Gasteiger partial charge in [0.1, 0.15) is 11.9 Å². The molecule has 3 heteroatoms. The molecule has 2 rings (SSSR count). The van der Waals surface area contributed by atoms with E-state index in [1.54, 1.807) is 13.2 Å². The van der Waals surface area contributed by atoms with Gasteiger partial charge in [-0.1, -0.05) is 12.1 Å². The summed E-state index contributed by atoms with van der Waals surface area (Å²) in [5.74, 6) is 1.20. The van der Waals surface area contributed by atoms with Crippen LogP contribution in [0, 0.1) is 5.92 Å². The molecular formula is C15H20O3. The van der Waals surface area contributed by atoms with Gasteiger partial charge in [0, 0.05) is 12.7 Å². The zero-order chi connectivity index (χ0) is 13.1. The van der Waals surface area contributed by atoms with Crippen LogP contribution in [0.4, 0.5) is 0 Å². The van der Waals surface area contributed by atoms with E-state index in [-0.39, 0.29) is 18.0 Å². The number of carbonyl (C=O) groups is 1. The molecule has 0 aliphatic heterocycles. The van der Waals surface area contributed by atoms with Crippen LogP contribution in [0.1, 0.15) is 37.0 Å². The first-order valence-corrected chi connectivity index (χ1v) is 6.45. The monoisotopic (exact) mass is 248 g/mol. The highest BCUT2D eigenvalue weighted by Crippen LogP contribution is 2.35. The summed E-state index contributed by atoms with van der Waals surface area (Å²) in [6, 6.07) is 7.35. The lowest BCUT2D eigenvalue weighted by molar-refractivity contribution is 0.0539. The molecule has 0 spiro atoms. The van der Waals surface area contributed by atoms with Crippen LogP contribution < -0.4 is 4.74 Å². The van der Waals surface area contributed by atoms with E-state index in [0.29, 0.717) is 11.5 Å². The van der Waals surface area contributed by atoms with Gasteiger partial charge < -0.3 is 9.47 Å². The molecule has 0 amide bonds. The first kappa shape index (κ1) is 13.1. The molecule has 1 atom stereocenters. The largest absolute Gasteiger partial charge is 0.491 e. The molecule has 0 heterocycles. The Hall–Kier alpha value is -1.35. The molecule has 0 radical (unpaired) electrons. The Kier molecular flexibility index (Phi) is 4.02. The quantitative estimate of drug-likeness (QED) is 0.726. The number of benzene rings is 1. The van der Waals surface area contributed by atoms with Crippen LogP contribution in [0.2, 0.25) is 0 Å². The number of hydrogen-bond acceptors (Lipinski definition) is 3. The highest BCUT2D eigenvalue weighted by Gasteiger charge is 2.36. The van der Waals surface area contributed by atoms with E-state index in [0.717, 1.165) is 18.6 Å². The summed E-state index contributed by atoms with van der Waals surface area (Å²) < 4.78 is 10.9. The van der Waals surface area contributed by atoms with E-state index < -0.39 is 0 Å². The average molecular weight is 248 g/mol. The third-order valence-electron chi connectivity index (χ3n) is 3.05. The lowest BCUT2D eigenvalue weighted by Crippen LogP contribution is -2.25. The summed E-state index contributed by atoms with van der Waals surface area (Å²) in [5.41, 5.74) is 0.673. The molecule has 1 aliphatic carbocycles. The predicted octanol–water partition coefficient (Wildman–Crippen LogP) is 3.08. The molecule has 3 nitrogen and oxygen atoms in total. The fraction of sp³-hybridized carbons (Fsp3) is 0.533. The van der Waals surface area contributed by atoms with Crippen molar-refractivity contribution in [1.29, 1.82) is 0 Å². The summed E-state index contributed by atoms with van der Waals surface area (Å²) in [4.78, 5) is 12.3. The lowest BCUT2D eigenvalue weighted by atomic mass is 10.0. The Labute approximate surface area is 108 Å². The van der Waals surface area contributed by atoms with Crippen LogP contribution in [0.15, 0.2) is 24.3 Å². The van der Waals surface area contributed by atoms with E-state index in [1.165, 1.54) is 0 Å². The van der Waals surface area contributed by atoms with Crippen molar-refractivity contribution in [2.45, 2.75) is 38.9 Å². The fourth-order valence-corrected chi connectivity index (χ4v) is 2.07. The smallest absolute Gasteiger partial charge is 0.191 e. The predicted molar refractivity (Wildman–Crippen MR) is 70.1 cm³/mol. The molecule has 1 saturated carbocycles.